The van der Waals surface area contributed by atoms with E-state index < -0.39 is 12.1 Å². The van der Waals surface area contributed by atoms with Crippen LogP contribution in [0.4, 0.5) is 13.2 Å². The number of aliphatic carboxylic acids is 1. The fourth-order valence-electron chi connectivity index (χ4n) is 0.767. The molecule has 0 radical (unpaired) electrons. The topological polar surface area (TPSA) is 87.1 Å². The van der Waals surface area contributed by atoms with Crippen molar-refractivity contribution in [2.75, 3.05) is 0 Å². The number of hydrogen-bond acceptors (Lipinski definition) is 3. The smallest absolute Gasteiger partial charge is 0.475 e. The molecule has 1 aliphatic rings. The van der Waals surface area contributed by atoms with E-state index in [0.29, 0.717) is 6.04 Å². The zero-order valence-electron chi connectivity index (χ0n) is 7.08. The Bertz CT molecular complexity index is 240. The molecule has 0 aromatic carbocycles. The van der Waals surface area contributed by atoms with E-state index in [1.165, 1.54) is 0 Å². The summed E-state index contributed by atoms with van der Waals surface area (Å²) in [5, 5.41) is 15.3. The van der Waals surface area contributed by atoms with Gasteiger partial charge in [-0.2, -0.15) is 18.4 Å². The van der Waals surface area contributed by atoms with Gasteiger partial charge in [-0.15, -0.1) is 0 Å². The molecule has 4 nitrogen and oxygen atoms in total. The molecule has 1 saturated carbocycles. The van der Waals surface area contributed by atoms with Gasteiger partial charge in [0.25, 0.3) is 0 Å². The molecule has 0 unspecified atom stereocenters. The standard InChI is InChI=1S/C5H8N2.C2HF3O2/c6-3-4-1-5(7)2-4;3-2(4,5)1(6)7/h4-5H,1-2,7H2;(H,6,7)/t4-,5+;. The van der Waals surface area contributed by atoms with Crippen LogP contribution in [0.25, 0.3) is 0 Å². The van der Waals surface area contributed by atoms with Gasteiger partial charge in [0, 0.05) is 12.0 Å². The van der Waals surface area contributed by atoms with E-state index in [1.807, 2.05) is 0 Å². The zero-order chi connectivity index (χ0) is 11.4. The molecule has 80 valence electrons. The lowest BCUT2D eigenvalue weighted by molar-refractivity contribution is -0.192. The van der Waals surface area contributed by atoms with E-state index in [0.717, 1.165) is 12.8 Å². The second-order valence-corrected chi connectivity index (χ2v) is 2.86. The Morgan fingerprint density at radius 2 is 1.86 bits per heavy atom. The predicted molar refractivity (Wildman–Crippen MR) is 40.0 cm³/mol. The van der Waals surface area contributed by atoms with Gasteiger partial charge in [-0.25, -0.2) is 4.79 Å². The Kier molecular flexibility index (Phi) is 4.37. The van der Waals surface area contributed by atoms with Crippen molar-refractivity contribution in [3.63, 3.8) is 0 Å². The van der Waals surface area contributed by atoms with Gasteiger partial charge in [0.2, 0.25) is 0 Å². The van der Waals surface area contributed by atoms with Gasteiger partial charge >= 0.3 is 12.1 Å². The van der Waals surface area contributed by atoms with Crippen LogP contribution in [0.2, 0.25) is 0 Å². The van der Waals surface area contributed by atoms with Crippen LogP contribution in [-0.4, -0.2) is 23.3 Å². The Morgan fingerprint density at radius 3 is 1.93 bits per heavy atom. The van der Waals surface area contributed by atoms with Gasteiger partial charge in [0.15, 0.2) is 0 Å². The average Bonchev–Trinajstić information content (AvgIpc) is 1.98. The summed E-state index contributed by atoms with van der Waals surface area (Å²) in [6.45, 7) is 0. The third-order valence-corrected chi connectivity index (χ3v) is 1.60. The van der Waals surface area contributed by atoms with Crippen molar-refractivity contribution in [3.8, 4) is 6.07 Å². The Hall–Kier alpha value is -1.29. The first kappa shape index (κ1) is 12.7. The van der Waals surface area contributed by atoms with Crippen LogP contribution in [0.15, 0.2) is 0 Å². The van der Waals surface area contributed by atoms with E-state index in [-0.39, 0.29) is 5.92 Å². The maximum absolute atomic E-state index is 10.6. The Morgan fingerprint density at radius 1 is 1.50 bits per heavy atom. The van der Waals surface area contributed by atoms with Crippen LogP contribution >= 0.6 is 0 Å². The molecule has 1 fully saturated rings. The molecule has 3 N–H and O–H groups in total. The molecule has 0 heterocycles. The third-order valence-electron chi connectivity index (χ3n) is 1.60. The SMILES string of the molecule is N#C[C@H]1C[C@@H](N)C1.O=C(O)C(F)(F)F. The quantitative estimate of drug-likeness (QED) is 0.621. The van der Waals surface area contributed by atoms with Crippen molar-refractivity contribution in [1.82, 2.24) is 0 Å². The fourth-order valence-corrected chi connectivity index (χ4v) is 0.767. The van der Waals surface area contributed by atoms with E-state index in [2.05, 4.69) is 6.07 Å². The first-order valence-electron chi connectivity index (χ1n) is 3.72. The van der Waals surface area contributed by atoms with Crippen molar-refractivity contribution in [2.24, 2.45) is 11.7 Å². The first-order chi connectivity index (χ1) is 6.27. The average molecular weight is 210 g/mol. The normalized spacial score (nSPS) is 25.1. The number of nitrogens with zero attached hydrogens (tertiary/aromatic N) is 1. The summed E-state index contributed by atoms with van der Waals surface area (Å²) in [7, 11) is 0. The van der Waals surface area contributed by atoms with Crippen molar-refractivity contribution in [1.29, 1.82) is 5.26 Å². The van der Waals surface area contributed by atoms with Gasteiger partial charge in [0.05, 0.1) is 6.07 Å². The molecule has 0 aromatic heterocycles. The summed E-state index contributed by atoms with van der Waals surface area (Å²) in [6.07, 6.45) is -3.26. The largest absolute Gasteiger partial charge is 0.490 e. The van der Waals surface area contributed by atoms with Crippen LogP contribution in [0, 0.1) is 17.2 Å². The lowest BCUT2D eigenvalue weighted by Crippen LogP contribution is -2.35. The summed E-state index contributed by atoms with van der Waals surface area (Å²) in [4.78, 5) is 8.90. The summed E-state index contributed by atoms with van der Waals surface area (Å²) >= 11 is 0. The van der Waals surface area contributed by atoms with Crippen molar-refractivity contribution in [3.05, 3.63) is 0 Å². The second-order valence-electron chi connectivity index (χ2n) is 2.86. The number of halogens is 3. The van der Waals surface area contributed by atoms with Crippen LogP contribution in [0.3, 0.4) is 0 Å². The fraction of sp³-hybridized carbons (Fsp3) is 0.714. The minimum absolute atomic E-state index is 0.273. The highest BCUT2D eigenvalue weighted by Crippen LogP contribution is 2.23. The number of carbonyl (C=O) groups is 1. The predicted octanol–water partition coefficient (Wildman–Crippen LogP) is 0.881. The highest BCUT2D eigenvalue weighted by Gasteiger charge is 2.38. The van der Waals surface area contributed by atoms with Gasteiger partial charge in [-0.05, 0) is 12.8 Å². The van der Waals surface area contributed by atoms with Crippen molar-refractivity contribution >= 4 is 5.97 Å². The van der Waals surface area contributed by atoms with Crippen LogP contribution in [0.5, 0.6) is 0 Å². The van der Waals surface area contributed by atoms with Crippen LogP contribution in [0.1, 0.15) is 12.8 Å². The van der Waals surface area contributed by atoms with E-state index >= 15 is 0 Å². The second kappa shape index (κ2) is 4.81. The maximum atomic E-state index is 10.6. The third kappa shape index (κ3) is 4.67. The minimum Gasteiger partial charge on any atom is -0.475 e. The number of carboxylic acids is 1. The summed E-state index contributed by atoms with van der Waals surface area (Å²) < 4.78 is 31.7. The first-order valence-corrected chi connectivity index (χ1v) is 3.72. The molecular weight excluding hydrogens is 201 g/mol. The summed E-state index contributed by atoms with van der Waals surface area (Å²) in [6, 6.07) is 2.48. The number of carboxylic acid groups (broad SMARTS) is 1. The maximum Gasteiger partial charge on any atom is 0.490 e. The van der Waals surface area contributed by atoms with Gasteiger partial charge in [0.1, 0.15) is 0 Å². The lowest BCUT2D eigenvalue weighted by atomic mass is 9.82. The van der Waals surface area contributed by atoms with Gasteiger partial charge in [-0.3, -0.25) is 0 Å². The molecule has 0 bridgehead atoms. The zero-order valence-corrected chi connectivity index (χ0v) is 7.08. The van der Waals surface area contributed by atoms with E-state index in [9.17, 15) is 13.2 Å². The lowest BCUT2D eigenvalue weighted by Gasteiger charge is -2.25. The molecule has 7 heteroatoms. The molecule has 0 aromatic rings. The number of rotatable bonds is 0. The van der Waals surface area contributed by atoms with Gasteiger partial charge < -0.3 is 10.8 Å². The number of nitrogens with two attached hydrogens (primary N) is 1. The number of alkyl halides is 3. The summed E-state index contributed by atoms with van der Waals surface area (Å²) in [5.41, 5.74) is 5.39. The molecule has 0 aliphatic heterocycles. The molecular formula is C7H9F3N2O2. The van der Waals surface area contributed by atoms with Crippen molar-refractivity contribution in [2.45, 2.75) is 25.1 Å². The van der Waals surface area contributed by atoms with Crippen LogP contribution in [-0.2, 0) is 4.79 Å². The molecule has 0 amide bonds. The molecule has 1 aliphatic carbocycles. The highest BCUT2D eigenvalue weighted by molar-refractivity contribution is 5.73. The molecule has 1 rings (SSSR count). The van der Waals surface area contributed by atoms with Crippen LogP contribution < -0.4 is 5.73 Å². The highest BCUT2D eigenvalue weighted by atomic mass is 19.4. The summed E-state index contributed by atoms with van der Waals surface area (Å²) in [5.74, 6) is -2.48. The minimum atomic E-state index is -5.08. The van der Waals surface area contributed by atoms with Gasteiger partial charge in [-0.1, -0.05) is 0 Å². The Balaban J connectivity index is 0.000000241. The monoisotopic (exact) mass is 210 g/mol. The molecule has 0 atom stereocenters. The number of nitriles is 1. The van der Waals surface area contributed by atoms with E-state index in [4.69, 9.17) is 20.9 Å². The molecule has 14 heavy (non-hydrogen) atoms. The van der Waals surface area contributed by atoms with E-state index in [1.54, 1.807) is 0 Å². The van der Waals surface area contributed by atoms with Crippen molar-refractivity contribution < 1.29 is 23.1 Å². The number of hydrogen-bond donors (Lipinski definition) is 2. The molecule has 0 saturated heterocycles. The molecule has 0 spiro atoms. The Labute approximate surface area is 78.1 Å².